The zero-order chi connectivity index (χ0) is 24.5. The van der Waals surface area contributed by atoms with Gasteiger partial charge in [-0.15, -0.1) is 0 Å². The molecule has 0 amide bonds. The first-order chi connectivity index (χ1) is 15.5. The number of Topliss-reactive ketones (excluding diaryl/α,β-unsaturated/α-hetero) is 1. The summed E-state index contributed by atoms with van der Waals surface area (Å²) >= 11 is 0. The lowest BCUT2D eigenvalue weighted by atomic mass is 9.88. The predicted octanol–water partition coefficient (Wildman–Crippen LogP) is 6.15. The molecule has 0 aliphatic rings. The van der Waals surface area contributed by atoms with E-state index in [-0.39, 0.29) is 5.78 Å². The molecule has 0 atom stereocenters. The summed E-state index contributed by atoms with van der Waals surface area (Å²) in [5.41, 5.74) is -0.335. The summed E-state index contributed by atoms with van der Waals surface area (Å²) < 4.78 is 11.2. The topological polar surface area (TPSA) is 69.7 Å². The molecule has 3 aromatic carbocycles. The molecule has 3 aromatic rings. The van der Waals surface area contributed by atoms with Gasteiger partial charge in [-0.05, 0) is 58.9 Å². The number of rotatable bonds is 6. The smallest absolute Gasteiger partial charge is 0.338 e. The molecule has 5 nitrogen and oxygen atoms in total. The Morgan fingerprint density at radius 1 is 0.515 bits per heavy atom. The van der Waals surface area contributed by atoms with E-state index in [0.29, 0.717) is 11.1 Å². The first kappa shape index (κ1) is 25.5. The average molecular weight is 447 g/mol. The van der Waals surface area contributed by atoms with Crippen LogP contribution in [0.5, 0.6) is 0 Å². The van der Waals surface area contributed by atoms with Crippen molar-refractivity contribution in [1.29, 1.82) is 0 Å². The van der Waals surface area contributed by atoms with E-state index in [0.717, 1.165) is 5.56 Å². The van der Waals surface area contributed by atoms with Crippen LogP contribution in [-0.2, 0) is 9.47 Å². The Kier molecular flexibility index (Phi) is 8.69. The van der Waals surface area contributed by atoms with Gasteiger partial charge < -0.3 is 9.47 Å². The maximum atomic E-state index is 12.3. The summed E-state index contributed by atoms with van der Waals surface area (Å²) in [5, 5.41) is 0. The predicted molar refractivity (Wildman–Crippen MR) is 128 cm³/mol. The minimum absolute atomic E-state index is 0.121. The molecule has 0 spiro atoms. The Bertz CT molecular complexity index is 992. The van der Waals surface area contributed by atoms with Crippen LogP contribution >= 0.6 is 0 Å². The molecule has 0 saturated carbocycles. The van der Waals surface area contributed by atoms with Gasteiger partial charge in [0.15, 0.2) is 5.78 Å². The van der Waals surface area contributed by atoms with E-state index < -0.39 is 23.1 Å². The van der Waals surface area contributed by atoms with Crippen molar-refractivity contribution < 1.29 is 23.9 Å². The maximum Gasteiger partial charge on any atom is 0.338 e. The molecule has 0 unspecified atom stereocenters. The zero-order valence-electron chi connectivity index (χ0n) is 19.7. The fraction of sp³-hybridized carbons (Fsp3) is 0.250. The summed E-state index contributed by atoms with van der Waals surface area (Å²) in [4.78, 5) is 35.2. The van der Waals surface area contributed by atoms with Gasteiger partial charge in [0, 0.05) is 5.56 Å². The maximum absolute atomic E-state index is 12.3. The number of esters is 2. The van der Waals surface area contributed by atoms with Gasteiger partial charge in [0.05, 0.1) is 11.1 Å². The number of hydrogen-bond acceptors (Lipinski definition) is 5. The number of ketones is 1. The molecule has 0 radical (unpaired) electrons. The van der Waals surface area contributed by atoms with Crippen molar-refractivity contribution in [1.82, 2.24) is 0 Å². The van der Waals surface area contributed by atoms with Gasteiger partial charge >= 0.3 is 11.9 Å². The van der Waals surface area contributed by atoms with Crippen molar-refractivity contribution in [2.45, 2.75) is 45.8 Å². The molecular formula is C28H30O5. The van der Waals surface area contributed by atoms with E-state index in [1.807, 2.05) is 42.5 Å². The van der Waals surface area contributed by atoms with Gasteiger partial charge in [0.1, 0.15) is 11.2 Å². The number of ether oxygens (including phenoxy) is 2. The van der Waals surface area contributed by atoms with Crippen LogP contribution in [0.4, 0.5) is 0 Å². The van der Waals surface area contributed by atoms with Gasteiger partial charge in [-0.1, -0.05) is 66.7 Å². The van der Waals surface area contributed by atoms with E-state index in [9.17, 15) is 14.4 Å². The fourth-order valence-electron chi connectivity index (χ4n) is 2.65. The molecule has 0 saturated heterocycles. The van der Waals surface area contributed by atoms with E-state index in [2.05, 4.69) is 0 Å². The van der Waals surface area contributed by atoms with Crippen LogP contribution in [0.15, 0.2) is 91.0 Å². The zero-order valence-corrected chi connectivity index (χ0v) is 19.7. The van der Waals surface area contributed by atoms with Crippen LogP contribution < -0.4 is 0 Å². The second-order valence-corrected chi connectivity index (χ2v) is 8.45. The molecule has 3 rings (SSSR count). The number of carbonyl (C=O) groups excluding carboxylic acids is 3. The standard InChI is InChI=1S/C20H22O4.C8H8O/c1-19(2,23-17(21)15-11-7-5-8-12-15)20(3,4)24-18(22)16-13-9-6-10-14-16;1-7(9)8-5-3-2-4-6-8/h5-14H,1-4H3;2-6H,1H3. The summed E-state index contributed by atoms with van der Waals surface area (Å²) in [5.74, 6) is -0.788. The van der Waals surface area contributed by atoms with Crippen LogP contribution in [0.3, 0.4) is 0 Å². The van der Waals surface area contributed by atoms with E-state index in [4.69, 9.17) is 9.47 Å². The Morgan fingerprint density at radius 3 is 1.03 bits per heavy atom. The van der Waals surface area contributed by atoms with Crippen LogP contribution in [-0.4, -0.2) is 28.9 Å². The molecule has 0 aromatic heterocycles. The molecular weight excluding hydrogens is 416 g/mol. The van der Waals surface area contributed by atoms with Crippen molar-refractivity contribution in [3.8, 4) is 0 Å². The molecule has 0 aliphatic carbocycles. The summed E-state index contributed by atoms with van der Waals surface area (Å²) in [6, 6.07) is 26.7. The molecule has 172 valence electrons. The third-order valence-electron chi connectivity index (χ3n) is 5.34. The molecule has 0 heterocycles. The second kappa shape index (κ2) is 11.2. The largest absolute Gasteiger partial charge is 0.452 e. The van der Waals surface area contributed by atoms with Gasteiger partial charge in [-0.2, -0.15) is 0 Å². The van der Waals surface area contributed by atoms with Gasteiger partial charge in [-0.25, -0.2) is 9.59 Å². The highest BCUT2D eigenvalue weighted by Gasteiger charge is 2.44. The number of benzene rings is 3. The van der Waals surface area contributed by atoms with E-state index in [1.165, 1.54) is 0 Å². The van der Waals surface area contributed by atoms with Crippen molar-refractivity contribution in [3.63, 3.8) is 0 Å². The molecule has 5 heteroatoms. The van der Waals surface area contributed by atoms with E-state index >= 15 is 0 Å². The average Bonchev–Trinajstić information content (AvgIpc) is 2.80. The van der Waals surface area contributed by atoms with Gasteiger partial charge in [0.25, 0.3) is 0 Å². The molecule has 0 bridgehead atoms. The summed E-state index contributed by atoms with van der Waals surface area (Å²) in [6.07, 6.45) is 0. The minimum atomic E-state index is -1.01. The first-order valence-electron chi connectivity index (χ1n) is 10.7. The lowest BCUT2D eigenvalue weighted by Crippen LogP contribution is -2.51. The molecule has 0 fully saturated rings. The lowest BCUT2D eigenvalue weighted by molar-refractivity contribution is -0.124. The van der Waals surface area contributed by atoms with Gasteiger partial charge in [0.2, 0.25) is 0 Å². The van der Waals surface area contributed by atoms with Crippen LogP contribution in [0.2, 0.25) is 0 Å². The molecule has 33 heavy (non-hydrogen) atoms. The van der Waals surface area contributed by atoms with Crippen molar-refractivity contribution in [2.75, 3.05) is 0 Å². The quantitative estimate of drug-likeness (QED) is 0.336. The fourth-order valence-corrected chi connectivity index (χ4v) is 2.65. The van der Waals surface area contributed by atoms with Crippen molar-refractivity contribution in [3.05, 3.63) is 108 Å². The Balaban J connectivity index is 0.000000357. The highest BCUT2D eigenvalue weighted by molar-refractivity contribution is 5.94. The van der Waals surface area contributed by atoms with Crippen LogP contribution in [0.25, 0.3) is 0 Å². The highest BCUT2D eigenvalue weighted by atomic mass is 16.6. The Hall–Kier alpha value is -3.73. The summed E-state index contributed by atoms with van der Waals surface area (Å²) in [7, 11) is 0. The lowest BCUT2D eigenvalue weighted by Gasteiger charge is -2.39. The highest BCUT2D eigenvalue weighted by Crippen LogP contribution is 2.31. The van der Waals surface area contributed by atoms with Crippen LogP contribution in [0.1, 0.15) is 65.7 Å². The summed E-state index contributed by atoms with van der Waals surface area (Å²) in [6.45, 7) is 8.48. The first-order valence-corrected chi connectivity index (χ1v) is 10.7. The normalized spacial score (nSPS) is 10.9. The second-order valence-electron chi connectivity index (χ2n) is 8.45. The number of hydrogen-bond donors (Lipinski definition) is 0. The third-order valence-corrected chi connectivity index (χ3v) is 5.34. The SMILES string of the molecule is CC(=O)c1ccccc1.CC(C)(OC(=O)c1ccccc1)C(C)(C)OC(=O)c1ccccc1. The number of carbonyl (C=O) groups is 3. The Morgan fingerprint density at radius 2 is 0.788 bits per heavy atom. The van der Waals surface area contributed by atoms with Crippen molar-refractivity contribution >= 4 is 17.7 Å². The third kappa shape index (κ3) is 7.42. The Labute approximate surface area is 195 Å². The molecule has 0 aliphatic heterocycles. The van der Waals surface area contributed by atoms with Crippen molar-refractivity contribution in [2.24, 2.45) is 0 Å². The monoisotopic (exact) mass is 446 g/mol. The minimum Gasteiger partial charge on any atom is -0.452 e. The van der Waals surface area contributed by atoms with E-state index in [1.54, 1.807) is 83.1 Å². The van der Waals surface area contributed by atoms with Gasteiger partial charge in [-0.3, -0.25) is 4.79 Å². The van der Waals surface area contributed by atoms with Crippen LogP contribution in [0, 0.1) is 0 Å². The molecule has 0 N–H and O–H groups in total.